The number of carbonyl (C=O) groups is 1. The fourth-order valence-electron chi connectivity index (χ4n) is 2.35. The summed E-state index contributed by atoms with van der Waals surface area (Å²) in [4.78, 5) is 12.0. The first-order valence-corrected chi connectivity index (χ1v) is 6.56. The number of nitrogens with two attached hydrogens (primary N) is 1. The van der Waals surface area contributed by atoms with E-state index in [4.69, 9.17) is 5.73 Å². The molecule has 1 rings (SSSR count). The van der Waals surface area contributed by atoms with Crippen LogP contribution in [0.3, 0.4) is 0 Å². The van der Waals surface area contributed by atoms with Crippen molar-refractivity contribution in [2.75, 3.05) is 0 Å². The van der Waals surface area contributed by atoms with Gasteiger partial charge in [0.1, 0.15) is 0 Å². The second kappa shape index (κ2) is 5.67. The Hall–Kier alpha value is -0.570. The van der Waals surface area contributed by atoms with Crippen molar-refractivity contribution in [1.82, 2.24) is 5.32 Å². The quantitative estimate of drug-likeness (QED) is 0.772. The van der Waals surface area contributed by atoms with E-state index in [2.05, 4.69) is 19.2 Å². The van der Waals surface area contributed by atoms with Crippen molar-refractivity contribution in [1.29, 1.82) is 0 Å². The average Bonchev–Trinajstić information content (AvgIpc) is 2.27. The molecule has 1 aliphatic rings. The van der Waals surface area contributed by atoms with Gasteiger partial charge in [-0.2, -0.15) is 0 Å². The Bertz CT molecular complexity index is 234. The summed E-state index contributed by atoms with van der Waals surface area (Å²) in [6.07, 6.45) is 6.86. The van der Waals surface area contributed by atoms with Gasteiger partial charge in [0, 0.05) is 5.54 Å². The summed E-state index contributed by atoms with van der Waals surface area (Å²) in [5, 5.41) is 3.15. The first-order chi connectivity index (χ1) is 7.48. The fraction of sp³-hybridized carbons (Fsp3) is 0.923. The van der Waals surface area contributed by atoms with Crippen molar-refractivity contribution in [3.8, 4) is 0 Å². The van der Waals surface area contributed by atoms with Gasteiger partial charge in [0.15, 0.2) is 0 Å². The lowest BCUT2D eigenvalue weighted by atomic mass is 9.83. The first kappa shape index (κ1) is 13.5. The molecule has 0 saturated heterocycles. The molecule has 0 unspecified atom stereocenters. The monoisotopic (exact) mass is 226 g/mol. The van der Waals surface area contributed by atoms with Crippen LogP contribution < -0.4 is 11.1 Å². The molecule has 1 saturated carbocycles. The summed E-state index contributed by atoms with van der Waals surface area (Å²) < 4.78 is 0. The molecule has 0 bridgehead atoms. The Balaban J connectivity index is 2.49. The van der Waals surface area contributed by atoms with Crippen molar-refractivity contribution < 1.29 is 4.79 Å². The van der Waals surface area contributed by atoms with E-state index in [-0.39, 0.29) is 23.4 Å². The minimum Gasteiger partial charge on any atom is -0.350 e. The zero-order valence-electron chi connectivity index (χ0n) is 10.9. The predicted octanol–water partition coefficient (Wildman–Crippen LogP) is 2.20. The molecule has 2 atom stereocenters. The Morgan fingerprint density at radius 2 is 1.94 bits per heavy atom. The smallest absolute Gasteiger partial charge is 0.237 e. The lowest BCUT2D eigenvalue weighted by Crippen LogP contribution is -2.54. The van der Waals surface area contributed by atoms with E-state index in [1.165, 1.54) is 19.3 Å². The van der Waals surface area contributed by atoms with Crippen molar-refractivity contribution in [3.63, 3.8) is 0 Å². The van der Waals surface area contributed by atoms with Crippen LogP contribution in [0, 0.1) is 5.92 Å². The van der Waals surface area contributed by atoms with E-state index >= 15 is 0 Å². The molecular weight excluding hydrogens is 200 g/mol. The summed E-state index contributed by atoms with van der Waals surface area (Å²) in [7, 11) is 0. The van der Waals surface area contributed by atoms with Crippen LogP contribution in [0.1, 0.15) is 59.3 Å². The largest absolute Gasteiger partial charge is 0.350 e. The summed E-state index contributed by atoms with van der Waals surface area (Å²) in [6, 6.07) is -0.358. The highest BCUT2D eigenvalue weighted by atomic mass is 16.2. The van der Waals surface area contributed by atoms with Crippen LogP contribution >= 0.6 is 0 Å². The topological polar surface area (TPSA) is 55.1 Å². The zero-order chi connectivity index (χ0) is 12.2. The van der Waals surface area contributed by atoms with E-state index in [1.54, 1.807) is 0 Å². The van der Waals surface area contributed by atoms with E-state index < -0.39 is 0 Å². The Labute approximate surface area is 99.2 Å². The van der Waals surface area contributed by atoms with E-state index in [1.807, 2.05) is 6.92 Å². The molecule has 94 valence electrons. The van der Waals surface area contributed by atoms with Gasteiger partial charge in [0.2, 0.25) is 5.91 Å². The molecule has 0 spiro atoms. The van der Waals surface area contributed by atoms with E-state index in [0.29, 0.717) is 0 Å². The second-order valence-corrected chi connectivity index (χ2v) is 5.52. The zero-order valence-corrected chi connectivity index (χ0v) is 10.9. The van der Waals surface area contributed by atoms with Crippen molar-refractivity contribution in [3.05, 3.63) is 0 Å². The molecule has 0 heterocycles. The standard InChI is InChI=1S/C13H26N2O/c1-4-10(2)11(14)12(16)15-13(3)8-6-5-7-9-13/h10-11H,4-9,14H2,1-3H3,(H,15,16)/t10-,11-/m0/s1. The minimum absolute atomic E-state index is 0.0135. The summed E-state index contributed by atoms with van der Waals surface area (Å²) in [5.74, 6) is 0.283. The highest BCUT2D eigenvalue weighted by Gasteiger charge is 2.31. The molecule has 16 heavy (non-hydrogen) atoms. The number of amides is 1. The van der Waals surface area contributed by atoms with Gasteiger partial charge in [-0.05, 0) is 25.7 Å². The molecule has 0 aromatic heterocycles. The van der Waals surface area contributed by atoms with E-state index in [0.717, 1.165) is 19.3 Å². The van der Waals surface area contributed by atoms with Gasteiger partial charge in [0.25, 0.3) is 0 Å². The van der Waals surface area contributed by atoms with Crippen LogP contribution in [0.4, 0.5) is 0 Å². The Morgan fingerprint density at radius 3 is 2.44 bits per heavy atom. The Kier molecular flexibility index (Phi) is 4.78. The van der Waals surface area contributed by atoms with Gasteiger partial charge in [-0.25, -0.2) is 0 Å². The van der Waals surface area contributed by atoms with Crippen molar-refractivity contribution in [2.24, 2.45) is 11.7 Å². The Morgan fingerprint density at radius 1 is 1.38 bits per heavy atom. The number of carbonyl (C=O) groups excluding carboxylic acids is 1. The molecule has 3 nitrogen and oxygen atoms in total. The number of rotatable bonds is 4. The van der Waals surface area contributed by atoms with Gasteiger partial charge < -0.3 is 11.1 Å². The molecule has 1 aliphatic carbocycles. The molecule has 1 fully saturated rings. The van der Waals surface area contributed by atoms with Crippen LogP contribution in [0.15, 0.2) is 0 Å². The van der Waals surface area contributed by atoms with Gasteiger partial charge in [0.05, 0.1) is 6.04 Å². The van der Waals surface area contributed by atoms with Gasteiger partial charge in [-0.1, -0.05) is 39.5 Å². The highest BCUT2D eigenvalue weighted by Crippen LogP contribution is 2.27. The number of nitrogens with one attached hydrogen (secondary N) is 1. The van der Waals surface area contributed by atoms with E-state index in [9.17, 15) is 4.79 Å². The molecule has 1 amide bonds. The van der Waals surface area contributed by atoms with Crippen LogP contribution in [0.5, 0.6) is 0 Å². The SMILES string of the molecule is CC[C@H](C)[C@H](N)C(=O)NC1(C)CCCCC1. The van der Waals surface area contributed by atoms with Gasteiger partial charge in [-0.15, -0.1) is 0 Å². The average molecular weight is 226 g/mol. The number of hydrogen-bond donors (Lipinski definition) is 2. The molecule has 3 heteroatoms. The maximum atomic E-state index is 12.0. The number of hydrogen-bond acceptors (Lipinski definition) is 2. The summed E-state index contributed by atoms with van der Waals surface area (Å²) in [6.45, 7) is 6.25. The molecular formula is C13H26N2O. The fourth-order valence-corrected chi connectivity index (χ4v) is 2.35. The maximum absolute atomic E-state index is 12.0. The van der Waals surface area contributed by atoms with Crippen LogP contribution in [0.2, 0.25) is 0 Å². The summed E-state index contributed by atoms with van der Waals surface area (Å²) in [5.41, 5.74) is 5.92. The molecule has 3 N–H and O–H groups in total. The third-order valence-electron chi connectivity index (χ3n) is 3.94. The molecule has 0 radical (unpaired) electrons. The van der Waals surface area contributed by atoms with Gasteiger partial charge >= 0.3 is 0 Å². The molecule has 0 aliphatic heterocycles. The minimum atomic E-state index is -0.358. The van der Waals surface area contributed by atoms with Crippen LogP contribution in [-0.4, -0.2) is 17.5 Å². The van der Waals surface area contributed by atoms with Crippen molar-refractivity contribution in [2.45, 2.75) is 70.9 Å². The van der Waals surface area contributed by atoms with Gasteiger partial charge in [-0.3, -0.25) is 4.79 Å². The third kappa shape index (κ3) is 3.48. The molecule has 0 aromatic rings. The maximum Gasteiger partial charge on any atom is 0.237 e. The summed E-state index contributed by atoms with van der Waals surface area (Å²) >= 11 is 0. The van der Waals surface area contributed by atoms with Crippen molar-refractivity contribution >= 4 is 5.91 Å². The lowest BCUT2D eigenvalue weighted by Gasteiger charge is -2.36. The van der Waals surface area contributed by atoms with Crippen LogP contribution in [-0.2, 0) is 4.79 Å². The normalized spacial score (nSPS) is 23.5. The molecule has 0 aromatic carbocycles. The predicted molar refractivity (Wildman–Crippen MR) is 67.1 cm³/mol. The lowest BCUT2D eigenvalue weighted by molar-refractivity contribution is -0.125. The van der Waals surface area contributed by atoms with Crippen LogP contribution in [0.25, 0.3) is 0 Å². The first-order valence-electron chi connectivity index (χ1n) is 6.56. The third-order valence-corrected chi connectivity index (χ3v) is 3.94. The highest BCUT2D eigenvalue weighted by molar-refractivity contribution is 5.82. The second-order valence-electron chi connectivity index (χ2n) is 5.52.